The maximum atomic E-state index is 15.1. The van der Waals surface area contributed by atoms with Gasteiger partial charge in [0.25, 0.3) is 0 Å². The van der Waals surface area contributed by atoms with Crippen LogP contribution in [0.2, 0.25) is 0 Å². The molecule has 8 heteroatoms. The molecular formula is C25H31F2N5O. The van der Waals surface area contributed by atoms with E-state index in [0.717, 1.165) is 31.7 Å². The van der Waals surface area contributed by atoms with Gasteiger partial charge in [-0.2, -0.15) is 5.10 Å². The maximum Gasteiger partial charge on any atom is 0.155 e. The van der Waals surface area contributed by atoms with Crippen molar-refractivity contribution in [3.8, 4) is 28.1 Å². The van der Waals surface area contributed by atoms with Gasteiger partial charge in [0.1, 0.15) is 17.3 Å². The number of nitrogens with zero attached hydrogens (tertiary/aromatic N) is 4. The summed E-state index contributed by atoms with van der Waals surface area (Å²) in [6.45, 7) is 4.57. The molecule has 4 rings (SSSR count). The molecule has 3 aromatic rings. The van der Waals surface area contributed by atoms with Gasteiger partial charge in [0, 0.05) is 42.0 Å². The van der Waals surface area contributed by atoms with E-state index < -0.39 is 11.6 Å². The number of aromatic hydroxyl groups is 1. The molecule has 0 bridgehead atoms. The fourth-order valence-corrected chi connectivity index (χ4v) is 5.14. The molecular weight excluding hydrogens is 424 g/mol. The highest BCUT2D eigenvalue weighted by Gasteiger charge is 2.32. The summed E-state index contributed by atoms with van der Waals surface area (Å²) in [5, 5.41) is 25.2. The smallest absolute Gasteiger partial charge is 0.155 e. The molecule has 0 radical (unpaired) electrons. The molecule has 1 fully saturated rings. The number of phenols is 1. The summed E-state index contributed by atoms with van der Waals surface area (Å²) in [5.41, 5.74) is 0.702. The summed E-state index contributed by atoms with van der Waals surface area (Å²) in [5.74, 6) is -1.10. The van der Waals surface area contributed by atoms with Gasteiger partial charge in [0.2, 0.25) is 0 Å². The van der Waals surface area contributed by atoms with E-state index in [2.05, 4.69) is 34.2 Å². The molecule has 2 heterocycles. The van der Waals surface area contributed by atoms with Crippen LogP contribution >= 0.6 is 0 Å². The lowest BCUT2D eigenvalue weighted by Gasteiger charge is -2.35. The third kappa shape index (κ3) is 4.84. The molecule has 0 unspecified atom stereocenters. The SMILES string of the molecule is CCC[C@]1(C)CCCC[C@H](N(C)c2cc(F)c(-c3cc(F)c(-c4cn[nH]c4)cc3O)nn2)C1. The van der Waals surface area contributed by atoms with Crippen molar-refractivity contribution in [3.63, 3.8) is 0 Å². The summed E-state index contributed by atoms with van der Waals surface area (Å²) in [4.78, 5) is 2.02. The molecule has 6 nitrogen and oxygen atoms in total. The number of halogens is 2. The van der Waals surface area contributed by atoms with Crippen molar-refractivity contribution < 1.29 is 13.9 Å². The molecule has 2 N–H and O–H groups in total. The second-order valence-electron chi connectivity index (χ2n) is 9.51. The Bertz CT molecular complexity index is 1100. The quantitative estimate of drug-likeness (QED) is 0.440. The van der Waals surface area contributed by atoms with Gasteiger partial charge in [-0.05, 0) is 43.2 Å². The van der Waals surface area contributed by atoms with Crippen LogP contribution in [-0.4, -0.2) is 38.6 Å². The molecule has 0 spiro atoms. The standard InChI is InChI=1S/C25H31F2N5O/c1-4-8-25(2)9-6-5-7-17(13-25)32(3)23-12-21(27)24(31-30-23)19-10-20(26)18(11-22(19)33)16-14-28-29-15-16/h10-12,14-15,17,33H,4-9,13H2,1-3H3,(H,28,29)/t17-,25+/m0/s1. The third-order valence-corrected chi connectivity index (χ3v) is 6.94. The van der Waals surface area contributed by atoms with E-state index in [1.807, 2.05) is 11.9 Å². The number of benzene rings is 1. The molecule has 0 amide bonds. The van der Waals surface area contributed by atoms with Gasteiger partial charge in [0.15, 0.2) is 11.6 Å². The normalized spacial score (nSPS) is 21.1. The lowest BCUT2D eigenvalue weighted by molar-refractivity contribution is 0.238. The lowest BCUT2D eigenvalue weighted by atomic mass is 9.77. The number of hydrogen-bond donors (Lipinski definition) is 2. The van der Waals surface area contributed by atoms with Crippen molar-refractivity contribution in [1.29, 1.82) is 0 Å². The largest absolute Gasteiger partial charge is 0.507 e. The average Bonchev–Trinajstić information content (AvgIpc) is 3.24. The molecule has 33 heavy (non-hydrogen) atoms. The van der Waals surface area contributed by atoms with Crippen molar-refractivity contribution >= 4 is 5.82 Å². The molecule has 2 atom stereocenters. The van der Waals surface area contributed by atoms with E-state index in [1.165, 1.54) is 43.8 Å². The highest BCUT2D eigenvalue weighted by atomic mass is 19.1. The number of hydrogen-bond acceptors (Lipinski definition) is 5. The van der Waals surface area contributed by atoms with Crippen molar-refractivity contribution in [2.45, 2.75) is 64.8 Å². The van der Waals surface area contributed by atoms with Crippen LogP contribution in [0.5, 0.6) is 5.75 Å². The molecule has 0 saturated heterocycles. The number of H-pyrrole nitrogens is 1. The first-order valence-electron chi connectivity index (χ1n) is 11.6. The monoisotopic (exact) mass is 455 g/mol. The fraction of sp³-hybridized carbons (Fsp3) is 0.480. The number of rotatable bonds is 6. The fourth-order valence-electron chi connectivity index (χ4n) is 5.14. The zero-order valence-corrected chi connectivity index (χ0v) is 19.4. The minimum Gasteiger partial charge on any atom is -0.507 e. The molecule has 176 valence electrons. The Kier molecular flexibility index (Phi) is 6.63. The zero-order chi connectivity index (χ0) is 23.6. The second-order valence-corrected chi connectivity index (χ2v) is 9.51. The van der Waals surface area contributed by atoms with Crippen LogP contribution in [-0.2, 0) is 0 Å². The van der Waals surface area contributed by atoms with E-state index in [0.29, 0.717) is 11.4 Å². The first-order chi connectivity index (χ1) is 15.8. The van der Waals surface area contributed by atoms with E-state index in [4.69, 9.17) is 0 Å². The Morgan fingerprint density at radius 1 is 1.15 bits per heavy atom. The minimum atomic E-state index is -0.650. The Morgan fingerprint density at radius 3 is 2.67 bits per heavy atom. The molecule has 1 aliphatic rings. The Morgan fingerprint density at radius 2 is 1.97 bits per heavy atom. The van der Waals surface area contributed by atoms with Crippen LogP contribution in [0.3, 0.4) is 0 Å². The molecule has 1 aliphatic carbocycles. The topological polar surface area (TPSA) is 77.9 Å². The van der Waals surface area contributed by atoms with Crippen LogP contribution in [0.25, 0.3) is 22.4 Å². The lowest BCUT2D eigenvalue weighted by Crippen LogP contribution is -2.36. The second kappa shape index (κ2) is 9.45. The van der Waals surface area contributed by atoms with Gasteiger partial charge in [-0.3, -0.25) is 5.10 Å². The predicted molar refractivity (Wildman–Crippen MR) is 125 cm³/mol. The molecule has 1 aromatic carbocycles. The summed E-state index contributed by atoms with van der Waals surface area (Å²) >= 11 is 0. The summed E-state index contributed by atoms with van der Waals surface area (Å²) in [6, 6.07) is 3.90. The van der Waals surface area contributed by atoms with E-state index in [-0.39, 0.29) is 34.0 Å². The van der Waals surface area contributed by atoms with Gasteiger partial charge in [-0.25, -0.2) is 8.78 Å². The number of aromatic amines is 1. The van der Waals surface area contributed by atoms with Crippen LogP contribution in [0.15, 0.2) is 30.6 Å². The Labute approximate surface area is 193 Å². The first kappa shape index (κ1) is 23.1. The average molecular weight is 456 g/mol. The van der Waals surface area contributed by atoms with Crippen LogP contribution < -0.4 is 4.90 Å². The summed E-state index contributed by atoms with van der Waals surface area (Å²) in [7, 11) is 1.93. The Balaban J connectivity index is 1.60. The van der Waals surface area contributed by atoms with Crippen LogP contribution in [0, 0.1) is 17.0 Å². The van der Waals surface area contributed by atoms with E-state index >= 15 is 4.39 Å². The minimum absolute atomic E-state index is 0.0380. The molecule has 1 saturated carbocycles. The van der Waals surface area contributed by atoms with Crippen molar-refractivity contribution in [1.82, 2.24) is 20.4 Å². The van der Waals surface area contributed by atoms with Gasteiger partial charge >= 0.3 is 0 Å². The number of aromatic nitrogens is 4. The van der Waals surface area contributed by atoms with Crippen LogP contribution in [0.4, 0.5) is 14.6 Å². The van der Waals surface area contributed by atoms with E-state index in [9.17, 15) is 9.50 Å². The van der Waals surface area contributed by atoms with Crippen molar-refractivity contribution in [2.24, 2.45) is 5.41 Å². The van der Waals surface area contributed by atoms with Gasteiger partial charge in [0.05, 0.1) is 6.20 Å². The van der Waals surface area contributed by atoms with Crippen molar-refractivity contribution in [3.05, 3.63) is 42.2 Å². The third-order valence-electron chi connectivity index (χ3n) is 6.94. The molecule has 2 aromatic heterocycles. The van der Waals surface area contributed by atoms with Crippen LogP contribution in [0.1, 0.15) is 58.8 Å². The van der Waals surface area contributed by atoms with Crippen molar-refractivity contribution in [2.75, 3.05) is 11.9 Å². The van der Waals surface area contributed by atoms with Gasteiger partial charge < -0.3 is 10.0 Å². The van der Waals surface area contributed by atoms with E-state index in [1.54, 1.807) is 0 Å². The zero-order valence-electron chi connectivity index (χ0n) is 19.4. The number of anilines is 1. The van der Waals surface area contributed by atoms with Gasteiger partial charge in [-0.15, -0.1) is 10.2 Å². The number of nitrogens with one attached hydrogen (secondary N) is 1. The van der Waals surface area contributed by atoms with Gasteiger partial charge in [-0.1, -0.05) is 33.1 Å². The number of phenolic OH excluding ortho intramolecular Hbond substituents is 1. The summed E-state index contributed by atoms with van der Waals surface area (Å²) < 4.78 is 29.8. The maximum absolute atomic E-state index is 15.1. The highest BCUT2D eigenvalue weighted by molar-refractivity contribution is 5.74. The highest BCUT2D eigenvalue weighted by Crippen LogP contribution is 2.41. The summed E-state index contributed by atoms with van der Waals surface area (Å²) in [6.07, 6.45) is 10.9. The first-order valence-corrected chi connectivity index (χ1v) is 11.6. The Hall–Kier alpha value is -3.03. The molecule has 0 aliphatic heterocycles. The predicted octanol–water partition coefficient (Wildman–Crippen LogP) is 6.09.